The molecule has 0 unspecified atom stereocenters. The van der Waals surface area contributed by atoms with Crippen molar-refractivity contribution in [2.24, 2.45) is 0 Å². The van der Waals surface area contributed by atoms with Crippen molar-refractivity contribution in [3.05, 3.63) is 89.2 Å². The molecule has 0 saturated carbocycles. The van der Waals surface area contributed by atoms with E-state index in [1.165, 1.54) is 12.3 Å². The molecule has 4 nitrogen and oxygen atoms in total. The van der Waals surface area contributed by atoms with Crippen LogP contribution in [-0.2, 0) is 24.2 Å². The SMILES string of the molecule is CCc1cccc(-c2cc(C(F)F)c3occ(COc4ccccc4CC(=O)O)c3c2)c1. The zero-order valence-electron chi connectivity index (χ0n) is 17.5. The summed E-state index contributed by atoms with van der Waals surface area (Å²) < 4.78 is 39.0. The molecule has 1 heterocycles. The molecule has 0 fully saturated rings. The molecule has 4 rings (SSSR count). The molecule has 6 heteroatoms. The number of halogens is 2. The molecule has 0 amide bonds. The zero-order valence-corrected chi connectivity index (χ0v) is 17.5. The van der Waals surface area contributed by atoms with Crippen LogP contribution in [0, 0.1) is 0 Å². The number of aryl methyl sites for hydroxylation is 1. The number of alkyl halides is 2. The fraction of sp³-hybridized carbons (Fsp3) is 0.192. The normalized spacial score (nSPS) is 11.2. The van der Waals surface area contributed by atoms with Crippen LogP contribution < -0.4 is 4.74 Å². The molecular weight excluding hydrogens is 414 g/mol. The van der Waals surface area contributed by atoms with Gasteiger partial charge in [-0.25, -0.2) is 8.78 Å². The Balaban J connectivity index is 1.72. The third kappa shape index (κ3) is 4.49. The maximum atomic E-state index is 13.8. The van der Waals surface area contributed by atoms with E-state index >= 15 is 0 Å². The van der Waals surface area contributed by atoms with Gasteiger partial charge in [-0.05, 0) is 41.3 Å². The number of hydrogen-bond donors (Lipinski definition) is 1. The second-order valence-corrected chi connectivity index (χ2v) is 7.52. The Labute approximate surface area is 184 Å². The van der Waals surface area contributed by atoms with Crippen LogP contribution >= 0.6 is 0 Å². The maximum Gasteiger partial charge on any atom is 0.307 e. The number of carboxylic acid groups (broad SMARTS) is 1. The summed E-state index contributed by atoms with van der Waals surface area (Å²) in [5, 5.41) is 9.65. The first-order valence-electron chi connectivity index (χ1n) is 10.3. The standard InChI is InChI=1S/C26H22F2O4/c1-2-16-6-5-8-17(10-16)19-11-21-20(15-32-25(21)22(12-19)26(27)28)14-31-23-9-4-3-7-18(23)13-24(29)30/h3-12,15,26H,2,13-14H2,1H3,(H,29,30). The summed E-state index contributed by atoms with van der Waals surface area (Å²) >= 11 is 0. The van der Waals surface area contributed by atoms with Gasteiger partial charge in [-0.15, -0.1) is 0 Å². The van der Waals surface area contributed by atoms with E-state index in [0.29, 0.717) is 27.8 Å². The minimum absolute atomic E-state index is 0.0603. The highest BCUT2D eigenvalue weighted by molar-refractivity contribution is 5.89. The summed E-state index contributed by atoms with van der Waals surface area (Å²) in [6.07, 6.45) is -0.598. The van der Waals surface area contributed by atoms with E-state index in [-0.39, 0.29) is 24.2 Å². The smallest absolute Gasteiger partial charge is 0.307 e. The summed E-state index contributed by atoms with van der Waals surface area (Å²) in [5.41, 5.74) is 3.76. The van der Waals surface area contributed by atoms with E-state index in [4.69, 9.17) is 14.3 Å². The van der Waals surface area contributed by atoms with Gasteiger partial charge in [0.25, 0.3) is 6.43 Å². The number of carbonyl (C=O) groups is 1. The van der Waals surface area contributed by atoms with Crippen molar-refractivity contribution >= 4 is 16.9 Å². The molecule has 164 valence electrons. The molecule has 1 aromatic heterocycles. The molecule has 0 atom stereocenters. The number of benzene rings is 3. The topological polar surface area (TPSA) is 59.7 Å². The number of aliphatic carboxylic acids is 1. The fourth-order valence-electron chi connectivity index (χ4n) is 3.74. The van der Waals surface area contributed by atoms with Gasteiger partial charge in [0, 0.05) is 16.5 Å². The van der Waals surface area contributed by atoms with Crippen molar-refractivity contribution in [2.75, 3.05) is 0 Å². The molecule has 0 saturated heterocycles. The van der Waals surface area contributed by atoms with E-state index in [0.717, 1.165) is 17.5 Å². The quantitative estimate of drug-likeness (QED) is 0.330. The van der Waals surface area contributed by atoms with Crippen molar-refractivity contribution in [1.29, 1.82) is 0 Å². The molecule has 0 aliphatic carbocycles. The molecule has 0 aliphatic rings. The van der Waals surface area contributed by atoms with Crippen LogP contribution in [0.1, 0.15) is 35.6 Å². The lowest BCUT2D eigenvalue weighted by atomic mass is 9.97. The van der Waals surface area contributed by atoms with Gasteiger partial charge in [0.15, 0.2) is 0 Å². The molecule has 0 spiro atoms. The summed E-state index contributed by atoms with van der Waals surface area (Å²) in [6.45, 7) is 2.10. The van der Waals surface area contributed by atoms with E-state index in [2.05, 4.69) is 0 Å². The zero-order chi connectivity index (χ0) is 22.7. The molecule has 4 aromatic rings. The lowest BCUT2D eigenvalue weighted by Gasteiger charge is -2.11. The van der Waals surface area contributed by atoms with Gasteiger partial charge in [-0.3, -0.25) is 4.79 Å². The van der Waals surface area contributed by atoms with Gasteiger partial charge < -0.3 is 14.3 Å². The van der Waals surface area contributed by atoms with Gasteiger partial charge >= 0.3 is 5.97 Å². The number of rotatable bonds is 8. The number of carboxylic acids is 1. The Hall–Kier alpha value is -3.67. The van der Waals surface area contributed by atoms with Crippen LogP contribution in [0.5, 0.6) is 5.75 Å². The molecule has 0 bridgehead atoms. The van der Waals surface area contributed by atoms with Crippen LogP contribution in [0.2, 0.25) is 0 Å². The van der Waals surface area contributed by atoms with Crippen LogP contribution in [0.15, 0.2) is 71.3 Å². The molecule has 0 radical (unpaired) electrons. The molecule has 3 aromatic carbocycles. The monoisotopic (exact) mass is 436 g/mol. The van der Waals surface area contributed by atoms with Crippen molar-refractivity contribution < 1.29 is 27.8 Å². The van der Waals surface area contributed by atoms with Gasteiger partial charge in [-0.2, -0.15) is 0 Å². The summed E-state index contributed by atoms with van der Waals surface area (Å²) in [4.78, 5) is 11.1. The molecule has 32 heavy (non-hydrogen) atoms. The highest BCUT2D eigenvalue weighted by atomic mass is 19.3. The summed E-state index contributed by atoms with van der Waals surface area (Å²) in [5.74, 6) is -0.527. The molecular formula is C26H22F2O4. The number of hydrogen-bond acceptors (Lipinski definition) is 3. The van der Waals surface area contributed by atoms with E-state index < -0.39 is 12.4 Å². The first-order valence-corrected chi connectivity index (χ1v) is 10.3. The third-order valence-electron chi connectivity index (χ3n) is 5.38. The number of ether oxygens (including phenoxy) is 1. The van der Waals surface area contributed by atoms with Gasteiger partial charge in [0.05, 0.1) is 18.2 Å². The largest absolute Gasteiger partial charge is 0.488 e. The van der Waals surface area contributed by atoms with Crippen LogP contribution in [0.25, 0.3) is 22.1 Å². The van der Waals surface area contributed by atoms with Gasteiger partial charge in [0.1, 0.15) is 17.9 Å². The average molecular weight is 436 g/mol. The van der Waals surface area contributed by atoms with Crippen LogP contribution in [-0.4, -0.2) is 11.1 Å². The second-order valence-electron chi connectivity index (χ2n) is 7.52. The number of para-hydroxylation sites is 1. The highest BCUT2D eigenvalue weighted by Gasteiger charge is 2.20. The first-order chi connectivity index (χ1) is 15.5. The minimum atomic E-state index is -2.69. The Kier molecular flexibility index (Phi) is 6.21. The summed E-state index contributed by atoms with van der Waals surface area (Å²) in [7, 11) is 0. The maximum absolute atomic E-state index is 13.8. The Morgan fingerprint density at radius 3 is 2.59 bits per heavy atom. The Morgan fingerprint density at radius 2 is 1.84 bits per heavy atom. The Morgan fingerprint density at radius 1 is 1.03 bits per heavy atom. The fourth-order valence-corrected chi connectivity index (χ4v) is 3.74. The lowest BCUT2D eigenvalue weighted by Crippen LogP contribution is -2.04. The molecule has 1 N–H and O–H groups in total. The number of fused-ring (bicyclic) bond motifs is 1. The third-order valence-corrected chi connectivity index (χ3v) is 5.38. The predicted octanol–water partition coefficient (Wildman–Crippen LogP) is 6.81. The first kappa shape index (κ1) is 21.6. The van der Waals surface area contributed by atoms with Crippen molar-refractivity contribution in [1.82, 2.24) is 0 Å². The van der Waals surface area contributed by atoms with Crippen LogP contribution in [0.4, 0.5) is 8.78 Å². The van der Waals surface area contributed by atoms with Crippen LogP contribution in [0.3, 0.4) is 0 Å². The Bertz CT molecular complexity index is 1260. The predicted molar refractivity (Wildman–Crippen MR) is 118 cm³/mol. The van der Waals surface area contributed by atoms with E-state index in [1.807, 2.05) is 37.3 Å². The lowest BCUT2D eigenvalue weighted by molar-refractivity contribution is -0.136. The average Bonchev–Trinajstić information content (AvgIpc) is 3.20. The number of furan rings is 1. The van der Waals surface area contributed by atoms with Gasteiger partial charge in [-0.1, -0.05) is 49.4 Å². The summed E-state index contributed by atoms with van der Waals surface area (Å²) in [6, 6.07) is 18.0. The van der Waals surface area contributed by atoms with Gasteiger partial charge in [0.2, 0.25) is 0 Å². The highest BCUT2D eigenvalue weighted by Crippen LogP contribution is 2.36. The van der Waals surface area contributed by atoms with Crippen molar-refractivity contribution in [3.63, 3.8) is 0 Å². The minimum Gasteiger partial charge on any atom is -0.488 e. The molecule has 0 aliphatic heterocycles. The van der Waals surface area contributed by atoms with Crippen molar-refractivity contribution in [3.8, 4) is 16.9 Å². The van der Waals surface area contributed by atoms with E-state index in [1.54, 1.807) is 24.3 Å². The van der Waals surface area contributed by atoms with E-state index in [9.17, 15) is 13.6 Å². The van der Waals surface area contributed by atoms with Crippen molar-refractivity contribution in [2.45, 2.75) is 32.8 Å². The second kappa shape index (κ2) is 9.22.